The Hall–Kier alpha value is -0.650. The predicted octanol–water partition coefficient (Wildman–Crippen LogP) is 2.66. The lowest BCUT2D eigenvalue weighted by Gasteiger charge is -2.07. The molecule has 0 saturated carbocycles. The molecule has 0 aliphatic heterocycles. The second-order valence-corrected chi connectivity index (χ2v) is 4.02. The number of methoxy groups -OCH3 is 1. The molecule has 0 saturated heterocycles. The zero-order valence-electron chi connectivity index (χ0n) is 9.13. The summed E-state index contributed by atoms with van der Waals surface area (Å²) in [6.07, 6.45) is 0. The van der Waals surface area contributed by atoms with Gasteiger partial charge in [0.05, 0.1) is 24.3 Å². The molecule has 0 bridgehead atoms. The van der Waals surface area contributed by atoms with Gasteiger partial charge in [-0.25, -0.2) is 4.39 Å². The first-order valence-corrected chi connectivity index (χ1v) is 5.79. The molecule has 16 heavy (non-hydrogen) atoms. The van der Waals surface area contributed by atoms with Gasteiger partial charge >= 0.3 is 0 Å². The van der Waals surface area contributed by atoms with Crippen molar-refractivity contribution in [2.45, 2.75) is 0 Å². The van der Waals surface area contributed by atoms with Gasteiger partial charge in [0.1, 0.15) is 5.82 Å². The molecule has 1 N–H and O–H groups in total. The fourth-order valence-electron chi connectivity index (χ4n) is 1.12. The lowest BCUT2D eigenvalue weighted by Crippen LogP contribution is -2.12. The van der Waals surface area contributed by atoms with Gasteiger partial charge < -0.3 is 14.8 Å². The molecule has 0 spiro atoms. The summed E-state index contributed by atoms with van der Waals surface area (Å²) in [6.45, 7) is 2.38. The summed E-state index contributed by atoms with van der Waals surface area (Å²) < 4.78 is 23.7. The highest BCUT2D eigenvalue weighted by Crippen LogP contribution is 2.18. The molecule has 0 amide bonds. The fourth-order valence-corrected chi connectivity index (χ4v) is 1.36. The van der Waals surface area contributed by atoms with Crippen molar-refractivity contribution in [3.05, 3.63) is 28.5 Å². The number of ether oxygens (including phenoxy) is 2. The summed E-state index contributed by atoms with van der Waals surface area (Å²) >= 11 is 3.10. The van der Waals surface area contributed by atoms with Crippen molar-refractivity contribution in [1.82, 2.24) is 0 Å². The van der Waals surface area contributed by atoms with E-state index in [2.05, 4.69) is 21.2 Å². The van der Waals surface area contributed by atoms with Gasteiger partial charge in [0.2, 0.25) is 0 Å². The van der Waals surface area contributed by atoms with Gasteiger partial charge in [-0.2, -0.15) is 0 Å². The van der Waals surface area contributed by atoms with Gasteiger partial charge in [-0.15, -0.1) is 0 Å². The van der Waals surface area contributed by atoms with E-state index in [1.165, 1.54) is 6.07 Å². The SMILES string of the molecule is COCCOCCNc1ccc(Br)c(F)c1. The Morgan fingerprint density at radius 2 is 2.12 bits per heavy atom. The van der Waals surface area contributed by atoms with Crippen LogP contribution in [0.3, 0.4) is 0 Å². The third-order valence-electron chi connectivity index (χ3n) is 1.93. The number of benzene rings is 1. The van der Waals surface area contributed by atoms with E-state index in [0.717, 1.165) is 5.69 Å². The molecule has 0 unspecified atom stereocenters. The number of halogens is 2. The molecule has 1 aromatic carbocycles. The van der Waals surface area contributed by atoms with Crippen LogP contribution < -0.4 is 5.32 Å². The van der Waals surface area contributed by atoms with E-state index in [0.29, 0.717) is 30.8 Å². The lowest BCUT2D eigenvalue weighted by atomic mass is 10.3. The highest BCUT2D eigenvalue weighted by Gasteiger charge is 1.99. The van der Waals surface area contributed by atoms with E-state index in [1.54, 1.807) is 13.2 Å². The van der Waals surface area contributed by atoms with E-state index < -0.39 is 0 Å². The molecule has 90 valence electrons. The second kappa shape index (κ2) is 7.60. The minimum absolute atomic E-state index is 0.273. The third kappa shape index (κ3) is 4.92. The third-order valence-corrected chi connectivity index (χ3v) is 2.57. The first kappa shape index (κ1) is 13.4. The van der Waals surface area contributed by atoms with Crippen LogP contribution in [-0.2, 0) is 9.47 Å². The van der Waals surface area contributed by atoms with Crippen LogP contribution in [0.15, 0.2) is 22.7 Å². The van der Waals surface area contributed by atoms with Crippen molar-refractivity contribution in [1.29, 1.82) is 0 Å². The first-order valence-electron chi connectivity index (χ1n) is 4.99. The minimum atomic E-state index is -0.273. The van der Waals surface area contributed by atoms with Gasteiger partial charge in [0.15, 0.2) is 0 Å². The Balaban J connectivity index is 2.19. The van der Waals surface area contributed by atoms with Crippen molar-refractivity contribution >= 4 is 21.6 Å². The van der Waals surface area contributed by atoms with Gasteiger partial charge in [-0.3, -0.25) is 0 Å². The van der Waals surface area contributed by atoms with Crippen molar-refractivity contribution in [2.75, 3.05) is 38.8 Å². The van der Waals surface area contributed by atoms with Crippen LogP contribution >= 0.6 is 15.9 Å². The lowest BCUT2D eigenvalue weighted by molar-refractivity contribution is 0.0759. The standard InChI is InChI=1S/C11H15BrFNO2/c1-15-6-7-16-5-4-14-9-2-3-10(12)11(13)8-9/h2-3,8,14H,4-7H2,1H3. The summed E-state index contributed by atoms with van der Waals surface area (Å²) in [5, 5.41) is 3.06. The average Bonchev–Trinajstić information content (AvgIpc) is 2.28. The molecular weight excluding hydrogens is 277 g/mol. The summed E-state index contributed by atoms with van der Waals surface area (Å²) in [4.78, 5) is 0. The molecule has 1 aromatic rings. The van der Waals surface area contributed by atoms with Crippen LogP contribution in [0.5, 0.6) is 0 Å². The Bertz CT molecular complexity index is 323. The molecule has 0 radical (unpaired) electrons. The maximum Gasteiger partial charge on any atom is 0.139 e. The summed E-state index contributed by atoms with van der Waals surface area (Å²) in [7, 11) is 1.63. The topological polar surface area (TPSA) is 30.5 Å². The highest BCUT2D eigenvalue weighted by molar-refractivity contribution is 9.10. The van der Waals surface area contributed by atoms with Gasteiger partial charge in [-0.05, 0) is 34.1 Å². The first-order chi connectivity index (χ1) is 7.74. The smallest absolute Gasteiger partial charge is 0.139 e. The Morgan fingerprint density at radius 1 is 1.31 bits per heavy atom. The molecule has 1 rings (SSSR count). The largest absolute Gasteiger partial charge is 0.383 e. The van der Waals surface area contributed by atoms with Crippen molar-refractivity contribution in [3.8, 4) is 0 Å². The van der Waals surface area contributed by atoms with Crippen LogP contribution in [0, 0.1) is 5.82 Å². The molecule has 0 aliphatic rings. The molecule has 0 aromatic heterocycles. The Kier molecular flexibility index (Phi) is 6.37. The fraction of sp³-hybridized carbons (Fsp3) is 0.455. The van der Waals surface area contributed by atoms with E-state index >= 15 is 0 Å². The van der Waals surface area contributed by atoms with Crippen LogP contribution in [0.1, 0.15) is 0 Å². The normalized spacial score (nSPS) is 10.4. The summed E-state index contributed by atoms with van der Waals surface area (Å²) in [6, 6.07) is 4.92. The zero-order valence-corrected chi connectivity index (χ0v) is 10.7. The van der Waals surface area contributed by atoms with E-state index in [1.807, 2.05) is 6.07 Å². The molecular formula is C11H15BrFNO2. The van der Waals surface area contributed by atoms with E-state index in [4.69, 9.17) is 9.47 Å². The van der Waals surface area contributed by atoms with Gasteiger partial charge in [0, 0.05) is 19.3 Å². The quantitative estimate of drug-likeness (QED) is 0.784. The number of hydrogen-bond donors (Lipinski definition) is 1. The van der Waals surface area contributed by atoms with Crippen LogP contribution in [0.2, 0.25) is 0 Å². The van der Waals surface area contributed by atoms with Crippen LogP contribution in [-0.4, -0.2) is 33.5 Å². The Labute approximate surface area is 103 Å². The Morgan fingerprint density at radius 3 is 2.81 bits per heavy atom. The van der Waals surface area contributed by atoms with E-state index in [-0.39, 0.29) is 5.82 Å². The molecule has 0 atom stereocenters. The molecule has 3 nitrogen and oxygen atoms in total. The summed E-state index contributed by atoms with van der Waals surface area (Å²) in [5.74, 6) is -0.273. The number of anilines is 1. The minimum Gasteiger partial charge on any atom is -0.383 e. The van der Waals surface area contributed by atoms with Crippen molar-refractivity contribution in [2.24, 2.45) is 0 Å². The maximum absolute atomic E-state index is 13.1. The van der Waals surface area contributed by atoms with E-state index in [9.17, 15) is 4.39 Å². The van der Waals surface area contributed by atoms with Crippen molar-refractivity contribution in [3.63, 3.8) is 0 Å². The highest BCUT2D eigenvalue weighted by atomic mass is 79.9. The average molecular weight is 292 g/mol. The van der Waals surface area contributed by atoms with Gasteiger partial charge in [0.25, 0.3) is 0 Å². The van der Waals surface area contributed by atoms with Gasteiger partial charge in [-0.1, -0.05) is 0 Å². The number of nitrogens with one attached hydrogen (secondary N) is 1. The second-order valence-electron chi connectivity index (χ2n) is 3.16. The van der Waals surface area contributed by atoms with Crippen LogP contribution in [0.4, 0.5) is 10.1 Å². The molecule has 5 heteroatoms. The maximum atomic E-state index is 13.1. The number of hydrogen-bond acceptors (Lipinski definition) is 3. The molecule has 0 heterocycles. The molecule has 0 fully saturated rings. The zero-order chi connectivity index (χ0) is 11.8. The van der Waals surface area contributed by atoms with Crippen molar-refractivity contribution < 1.29 is 13.9 Å². The summed E-state index contributed by atoms with van der Waals surface area (Å²) in [5.41, 5.74) is 0.746. The predicted molar refractivity (Wildman–Crippen MR) is 65.3 cm³/mol. The number of rotatable bonds is 7. The molecule has 0 aliphatic carbocycles. The monoisotopic (exact) mass is 291 g/mol. The van der Waals surface area contributed by atoms with Crippen LogP contribution in [0.25, 0.3) is 0 Å².